The van der Waals surface area contributed by atoms with Crippen LogP contribution in [0.2, 0.25) is 0 Å². The number of H-pyrrole nitrogens is 1. The third-order valence-corrected chi connectivity index (χ3v) is 6.32. The molecule has 0 amide bonds. The first-order chi connectivity index (χ1) is 17.0. The first-order valence-electron chi connectivity index (χ1n) is 11.3. The third-order valence-electron chi connectivity index (χ3n) is 6.32. The van der Waals surface area contributed by atoms with E-state index in [1.807, 2.05) is 23.8 Å². The van der Waals surface area contributed by atoms with Gasteiger partial charge in [0, 0.05) is 51.1 Å². The molecule has 5 aromatic rings. The van der Waals surface area contributed by atoms with Gasteiger partial charge in [-0.1, -0.05) is 0 Å². The normalized spacial score (nSPS) is 14.9. The van der Waals surface area contributed by atoms with E-state index in [9.17, 15) is 8.78 Å². The lowest BCUT2D eigenvalue weighted by Gasteiger charge is -2.33. The molecule has 1 aliphatic rings. The van der Waals surface area contributed by atoms with Crippen molar-refractivity contribution in [3.05, 3.63) is 54.2 Å². The van der Waals surface area contributed by atoms with E-state index in [2.05, 4.69) is 42.2 Å². The van der Waals surface area contributed by atoms with Gasteiger partial charge in [0.15, 0.2) is 23.1 Å². The Morgan fingerprint density at radius 1 is 1.09 bits per heavy atom. The van der Waals surface area contributed by atoms with Gasteiger partial charge >= 0.3 is 0 Å². The number of piperazine rings is 1. The van der Waals surface area contributed by atoms with Crippen LogP contribution in [-0.4, -0.2) is 72.5 Å². The van der Waals surface area contributed by atoms with Crippen molar-refractivity contribution in [1.29, 1.82) is 0 Å². The maximum atomic E-state index is 14.1. The highest BCUT2D eigenvalue weighted by Gasteiger charge is 2.20. The number of aromatic amines is 1. The Balaban J connectivity index is 1.38. The number of hydrogen-bond acceptors (Lipinski definition) is 7. The molecule has 1 fully saturated rings. The van der Waals surface area contributed by atoms with Gasteiger partial charge in [0.05, 0.1) is 35.8 Å². The summed E-state index contributed by atoms with van der Waals surface area (Å²) in [6.45, 7) is 3.89. The van der Waals surface area contributed by atoms with Crippen molar-refractivity contribution in [2.75, 3.05) is 43.4 Å². The molecular weight excluding hydrogens is 454 g/mol. The van der Waals surface area contributed by atoms with Gasteiger partial charge in [-0.05, 0) is 19.2 Å². The molecule has 10 nitrogen and oxygen atoms in total. The van der Waals surface area contributed by atoms with Gasteiger partial charge < -0.3 is 20.1 Å². The third kappa shape index (κ3) is 3.85. The molecule has 5 heterocycles. The Bertz CT molecular complexity index is 1530. The van der Waals surface area contributed by atoms with Crippen LogP contribution in [0.4, 0.5) is 20.3 Å². The van der Waals surface area contributed by atoms with Gasteiger partial charge in [-0.15, -0.1) is 5.10 Å². The minimum absolute atomic E-state index is 0.0144. The summed E-state index contributed by atoms with van der Waals surface area (Å²) in [5.74, 6) is -0.562. The SMILES string of the molecule is CN1CCN(c2cc(NCc3nc4c(F)c(F)ccc4[nH]3)c3ncc(-c4cnn(C)c4)n3n2)CC1. The Morgan fingerprint density at radius 2 is 1.91 bits per heavy atom. The fourth-order valence-corrected chi connectivity index (χ4v) is 4.36. The summed E-state index contributed by atoms with van der Waals surface area (Å²) in [7, 11) is 3.98. The van der Waals surface area contributed by atoms with Crippen molar-refractivity contribution in [2.45, 2.75) is 6.54 Å². The van der Waals surface area contributed by atoms with Crippen molar-refractivity contribution in [3.63, 3.8) is 0 Å². The smallest absolute Gasteiger partial charge is 0.186 e. The van der Waals surface area contributed by atoms with Crippen LogP contribution in [0.25, 0.3) is 27.9 Å². The van der Waals surface area contributed by atoms with E-state index in [1.165, 1.54) is 6.07 Å². The van der Waals surface area contributed by atoms with Crippen LogP contribution < -0.4 is 10.2 Å². The van der Waals surface area contributed by atoms with Crippen LogP contribution >= 0.6 is 0 Å². The second-order valence-electron chi connectivity index (χ2n) is 8.78. The van der Waals surface area contributed by atoms with Crippen molar-refractivity contribution < 1.29 is 8.78 Å². The summed E-state index contributed by atoms with van der Waals surface area (Å²) in [5.41, 5.74) is 3.57. The zero-order valence-corrected chi connectivity index (χ0v) is 19.3. The van der Waals surface area contributed by atoms with Crippen LogP contribution in [0.3, 0.4) is 0 Å². The number of benzene rings is 1. The molecule has 0 aliphatic carbocycles. The van der Waals surface area contributed by atoms with Crippen LogP contribution in [0, 0.1) is 11.6 Å². The summed E-state index contributed by atoms with van der Waals surface area (Å²) >= 11 is 0. The van der Waals surface area contributed by atoms with Gasteiger partial charge in [0.2, 0.25) is 0 Å². The van der Waals surface area contributed by atoms with Crippen molar-refractivity contribution in [1.82, 2.24) is 39.2 Å². The first kappa shape index (κ1) is 21.5. The number of imidazole rings is 2. The lowest BCUT2D eigenvalue weighted by molar-refractivity contribution is 0.311. The molecule has 4 aromatic heterocycles. The molecule has 0 saturated carbocycles. The Labute approximate surface area is 199 Å². The first-order valence-corrected chi connectivity index (χ1v) is 11.3. The van der Waals surface area contributed by atoms with Gasteiger partial charge in [0.25, 0.3) is 0 Å². The summed E-state index contributed by atoms with van der Waals surface area (Å²) in [6, 6.07) is 4.55. The molecule has 35 heavy (non-hydrogen) atoms. The maximum absolute atomic E-state index is 14.1. The summed E-state index contributed by atoms with van der Waals surface area (Å²) in [5, 5.41) is 12.6. The highest BCUT2D eigenvalue weighted by Crippen LogP contribution is 2.28. The van der Waals surface area contributed by atoms with E-state index in [0.29, 0.717) is 17.0 Å². The Morgan fingerprint density at radius 3 is 2.69 bits per heavy atom. The molecule has 1 saturated heterocycles. The van der Waals surface area contributed by atoms with Crippen LogP contribution in [0.1, 0.15) is 5.82 Å². The molecule has 12 heteroatoms. The van der Waals surface area contributed by atoms with Gasteiger partial charge in [-0.25, -0.2) is 23.3 Å². The topological polar surface area (TPSA) is 95.2 Å². The minimum Gasteiger partial charge on any atom is -0.375 e. The number of fused-ring (bicyclic) bond motifs is 2. The average molecular weight is 479 g/mol. The lowest BCUT2D eigenvalue weighted by atomic mass is 10.3. The number of likely N-dealkylation sites (N-methyl/N-ethyl adjacent to an activating group) is 1. The highest BCUT2D eigenvalue weighted by molar-refractivity contribution is 5.77. The molecule has 0 radical (unpaired) electrons. The lowest BCUT2D eigenvalue weighted by Crippen LogP contribution is -2.45. The predicted octanol–water partition coefficient (Wildman–Crippen LogP) is 2.65. The largest absolute Gasteiger partial charge is 0.375 e. The molecule has 0 spiro atoms. The fraction of sp³-hybridized carbons (Fsp3) is 0.304. The molecule has 6 rings (SSSR count). The molecular formula is C23H24F2N10. The van der Waals surface area contributed by atoms with E-state index in [0.717, 1.165) is 55.0 Å². The Kier molecular flexibility index (Phi) is 5.10. The summed E-state index contributed by atoms with van der Waals surface area (Å²) < 4.78 is 31.3. The number of halogens is 2. The summed E-state index contributed by atoms with van der Waals surface area (Å²) in [4.78, 5) is 16.4. The molecule has 0 unspecified atom stereocenters. The molecule has 2 N–H and O–H groups in total. The number of nitrogens with one attached hydrogen (secondary N) is 2. The highest BCUT2D eigenvalue weighted by atomic mass is 19.2. The summed E-state index contributed by atoms with van der Waals surface area (Å²) in [6.07, 6.45) is 5.48. The van der Waals surface area contributed by atoms with E-state index in [4.69, 9.17) is 5.10 Å². The van der Waals surface area contributed by atoms with Gasteiger partial charge in [-0.2, -0.15) is 5.10 Å². The van der Waals surface area contributed by atoms with E-state index >= 15 is 0 Å². The number of anilines is 2. The van der Waals surface area contributed by atoms with E-state index in [1.54, 1.807) is 17.1 Å². The Hall–Kier alpha value is -4.06. The monoisotopic (exact) mass is 478 g/mol. The average Bonchev–Trinajstić information content (AvgIpc) is 3.58. The van der Waals surface area contributed by atoms with Crippen LogP contribution in [-0.2, 0) is 13.6 Å². The molecule has 1 aromatic carbocycles. The fourth-order valence-electron chi connectivity index (χ4n) is 4.36. The maximum Gasteiger partial charge on any atom is 0.186 e. The number of nitrogens with zero attached hydrogens (tertiary/aromatic N) is 8. The van der Waals surface area contributed by atoms with Crippen LogP contribution in [0.5, 0.6) is 0 Å². The second-order valence-corrected chi connectivity index (χ2v) is 8.78. The number of aromatic nitrogens is 7. The molecule has 180 valence electrons. The predicted molar refractivity (Wildman–Crippen MR) is 128 cm³/mol. The number of hydrogen-bond donors (Lipinski definition) is 2. The van der Waals surface area contributed by atoms with Crippen molar-refractivity contribution in [3.8, 4) is 11.3 Å². The zero-order chi connectivity index (χ0) is 24.1. The van der Waals surface area contributed by atoms with Gasteiger partial charge in [-0.3, -0.25) is 4.68 Å². The van der Waals surface area contributed by atoms with Crippen molar-refractivity contribution >= 4 is 28.2 Å². The molecule has 1 aliphatic heterocycles. The molecule has 0 bridgehead atoms. The standard InChI is InChI=1S/C23H24F2N10/c1-32-5-7-34(8-6-32)20-9-17(23-27-11-18(35(23)31-20)14-10-28-33(2)13-14)26-12-19-29-16-4-3-15(24)21(25)22(16)30-19/h3-4,9-11,13,26H,5-8,12H2,1-2H3,(H,29,30). The number of rotatable bonds is 5. The zero-order valence-electron chi connectivity index (χ0n) is 19.3. The van der Waals surface area contributed by atoms with Crippen molar-refractivity contribution in [2.24, 2.45) is 7.05 Å². The van der Waals surface area contributed by atoms with Crippen LogP contribution in [0.15, 0.2) is 36.8 Å². The van der Waals surface area contributed by atoms with E-state index in [-0.39, 0.29) is 12.1 Å². The quantitative estimate of drug-likeness (QED) is 0.401. The number of aryl methyl sites for hydroxylation is 1. The second kappa shape index (κ2) is 8.31. The minimum atomic E-state index is -0.956. The molecule has 0 atom stereocenters. The van der Waals surface area contributed by atoms with Gasteiger partial charge in [0.1, 0.15) is 11.3 Å². The van der Waals surface area contributed by atoms with E-state index < -0.39 is 11.6 Å².